The lowest BCUT2D eigenvalue weighted by Gasteiger charge is -2.36. The fourth-order valence-electron chi connectivity index (χ4n) is 5.66. The number of hydrogen-bond donors (Lipinski definition) is 2. The van der Waals surface area contributed by atoms with Gasteiger partial charge in [-0.05, 0) is 43.4 Å². The summed E-state index contributed by atoms with van der Waals surface area (Å²) in [4.78, 5) is 29.1. The molecule has 150 valence electrons. The molecular formula is C24H27N3O2. The van der Waals surface area contributed by atoms with Crippen molar-refractivity contribution in [3.05, 3.63) is 65.7 Å². The van der Waals surface area contributed by atoms with Crippen LogP contribution in [-0.4, -0.2) is 35.8 Å². The number of anilines is 1. The number of amides is 2. The standard InChI is InChI=1S/C24H27N3O2/c1-16(17-8-3-2-4-9-17)15-25-22(28)20-14-18-10-7-13-27(18)24(20)19-11-5-6-12-21(19)26-23(24)29/h2-6,8-9,11-12,16,18,20H,7,10,13-15H2,1H3,(H,25,28)(H,26,29). The summed E-state index contributed by atoms with van der Waals surface area (Å²) in [6, 6.07) is 18.4. The number of rotatable bonds is 4. The molecule has 0 radical (unpaired) electrons. The summed E-state index contributed by atoms with van der Waals surface area (Å²) in [6.07, 6.45) is 2.88. The molecule has 0 saturated carbocycles. The molecule has 0 aromatic heterocycles. The predicted molar refractivity (Wildman–Crippen MR) is 112 cm³/mol. The van der Waals surface area contributed by atoms with E-state index in [1.807, 2.05) is 42.5 Å². The van der Waals surface area contributed by atoms with Crippen molar-refractivity contribution in [2.24, 2.45) is 5.92 Å². The number of hydrogen-bond acceptors (Lipinski definition) is 3. The molecule has 5 nitrogen and oxygen atoms in total. The summed E-state index contributed by atoms with van der Waals surface area (Å²) in [7, 11) is 0. The van der Waals surface area contributed by atoms with E-state index in [4.69, 9.17) is 0 Å². The zero-order valence-electron chi connectivity index (χ0n) is 16.7. The molecule has 0 bridgehead atoms. The first kappa shape index (κ1) is 18.4. The van der Waals surface area contributed by atoms with Gasteiger partial charge >= 0.3 is 0 Å². The molecule has 3 heterocycles. The molecule has 3 aliphatic heterocycles. The highest BCUT2D eigenvalue weighted by Gasteiger charge is 2.65. The molecule has 2 amide bonds. The summed E-state index contributed by atoms with van der Waals surface area (Å²) in [5.41, 5.74) is 2.15. The van der Waals surface area contributed by atoms with Gasteiger partial charge in [-0.15, -0.1) is 0 Å². The Morgan fingerprint density at radius 3 is 2.79 bits per heavy atom. The lowest BCUT2D eigenvalue weighted by atomic mass is 9.78. The number of fused-ring (bicyclic) bond motifs is 4. The van der Waals surface area contributed by atoms with Crippen LogP contribution in [0.1, 0.15) is 43.2 Å². The quantitative estimate of drug-likeness (QED) is 0.844. The van der Waals surface area contributed by atoms with Gasteiger partial charge in [0.2, 0.25) is 11.8 Å². The van der Waals surface area contributed by atoms with Crippen LogP contribution in [0, 0.1) is 5.92 Å². The highest BCUT2D eigenvalue weighted by atomic mass is 16.2. The molecule has 1 spiro atoms. The van der Waals surface area contributed by atoms with Crippen molar-refractivity contribution >= 4 is 17.5 Å². The molecule has 0 aliphatic carbocycles. The Bertz CT molecular complexity index is 944. The van der Waals surface area contributed by atoms with Crippen LogP contribution in [0.3, 0.4) is 0 Å². The number of benzene rings is 2. The minimum absolute atomic E-state index is 0.00552. The van der Waals surface area contributed by atoms with E-state index in [1.165, 1.54) is 5.56 Å². The van der Waals surface area contributed by atoms with Gasteiger partial charge in [-0.1, -0.05) is 55.5 Å². The van der Waals surface area contributed by atoms with Crippen LogP contribution in [0.25, 0.3) is 0 Å². The highest BCUT2D eigenvalue weighted by Crippen LogP contribution is 2.55. The molecule has 5 rings (SSSR count). The summed E-state index contributed by atoms with van der Waals surface area (Å²) in [5.74, 6) is -0.185. The van der Waals surface area contributed by atoms with Crippen LogP contribution in [0.5, 0.6) is 0 Å². The second-order valence-corrected chi connectivity index (χ2v) is 8.60. The molecule has 29 heavy (non-hydrogen) atoms. The summed E-state index contributed by atoms with van der Waals surface area (Å²) in [6.45, 7) is 3.57. The third-order valence-electron chi connectivity index (χ3n) is 7.04. The largest absolute Gasteiger partial charge is 0.355 e. The van der Waals surface area contributed by atoms with Crippen LogP contribution < -0.4 is 10.6 Å². The van der Waals surface area contributed by atoms with Crippen LogP contribution in [0.15, 0.2) is 54.6 Å². The lowest BCUT2D eigenvalue weighted by Crippen LogP contribution is -2.54. The van der Waals surface area contributed by atoms with E-state index in [0.29, 0.717) is 12.6 Å². The van der Waals surface area contributed by atoms with E-state index in [9.17, 15) is 9.59 Å². The van der Waals surface area contributed by atoms with Crippen LogP contribution in [0.4, 0.5) is 5.69 Å². The maximum atomic E-state index is 13.4. The van der Waals surface area contributed by atoms with E-state index in [1.54, 1.807) is 0 Å². The monoisotopic (exact) mass is 389 g/mol. The van der Waals surface area contributed by atoms with Crippen molar-refractivity contribution in [1.29, 1.82) is 0 Å². The Labute approximate surface area is 171 Å². The second-order valence-electron chi connectivity index (χ2n) is 8.60. The number of carbonyl (C=O) groups is 2. The first-order chi connectivity index (χ1) is 14.1. The van der Waals surface area contributed by atoms with E-state index >= 15 is 0 Å². The molecule has 2 N–H and O–H groups in total. The number of nitrogens with one attached hydrogen (secondary N) is 2. The van der Waals surface area contributed by atoms with E-state index in [-0.39, 0.29) is 23.7 Å². The third-order valence-corrected chi connectivity index (χ3v) is 7.04. The minimum atomic E-state index is -0.863. The van der Waals surface area contributed by atoms with Crippen LogP contribution >= 0.6 is 0 Å². The fourth-order valence-corrected chi connectivity index (χ4v) is 5.66. The van der Waals surface area contributed by atoms with E-state index < -0.39 is 5.54 Å². The van der Waals surface area contributed by atoms with Gasteiger partial charge in [0.15, 0.2) is 0 Å². The zero-order chi connectivity index (χ0) is 20.0. The van der Waals surface area contributed by atoms with Gasteiger partial charge in [0.05, 0.1) is 5.92 Å². The molecule has 4 atom stereocenters. The highest BCUT2D eigenvalue weighted by molar-refractivity contribution is 6.09. The average Bonchev–Trinajstić information content (AvgIpc) is 3.41. The van der Waals surface area contributed by atoms with Gasteiger partial charge in [0.1, 0.15) is 5.54 Å². The maximum absolute atomic E-state index is 13.4. The average molecular weight is 389 g/mol. The Balaban J connectivity index is 1.43. The Hall–Kier alpha value is -2.66. The number of nitrogens with zero attached hydrogens (tertiary/aromatic N) is 1. The minimum Gasteiger partial charge on any atom is -0.355 e. The smallest absolute Gasteiger partial charge is 0.250 e. The fraction of sp³-hybridized carbons (Fsp3) is 0.417. The maximum Gasteiger partial charge on any atom is 0.250 e. The van der Waals surface area contributed by atoms with Crippen molar-refractivity contribution in [3.63, 3.8) is 0 Å². The molecule has 3 aliphatic rings. The first-order valence-corrected chi connectivity index (χ1v) is 10.6. The molecule has 5 heteroatoms. The number of carbonyl (C=O) groups excluding carboxylic acids is 2. The normalized spacial score (nSPS) is 28.8. The van der Waals surface area contributed by atoms with Gasteiger partial charge < -0.3 is 10.6 Å². The van der Waals surface area contributed by atoms with Gasteiger partial charge in [-0.3, -0.25) is 14.5 Å². The molecular weight excluding hydrogens is 362 g/mol. The first-order valence-electron chi connectivity index (χ1n) is 10.6. The molecule has 2 aromatic carbocycles. The van der Waals surface area contributed by atoms with Crippen LogP contribution in [0.2, 0.25) is 0 Å². The van der Waals surface area contributed by atoms with Crippen molar-refractivity contribution in [3.8, 4) is 0 Å². The second kappa shape index (κ2) is 6.99. The Kier molecular flexibility index (Phi) is 4.43. The molecule has 4 unspecified atom stereocenters. The molecule has 2 aromatic rings. The Morgan fingerprint density at radius 1 is 1.21 bits per heavy atom. The van der Waals surface area contributed by atoms with Crippen molar-refractivity contribution in [1.82, 2.24) is 10.2 Å². The number of para-hydroxylation sites is 1. The van der Waals surface area contributed by atoms with Gasteiger partial charge in [0, 0.05) is 23.8 Å². The van der Waals surface area contributed by atoms with E-state index in [0.717, 1.165) is 37.1 Å². The van der Waals surface area contributed by atoms with Gasteiger partial charge in [-0.2, -0.15) is 0 Å². The van der Waals surface area contributed by atoms with Crippen LogP contribution in [-0.2, 0) is 15.1 Å². The van der Waals surface area contributed by atoms with Crippen molar-refractivity contribution in [2.45, 2.75) is 43.7 Å². The predicted octanol–water partition coefficient (Wildman–Crippen LogP) is 3.24. The van der Waals surface area contributed by atoms with Gasteiger partial charge in [0.25, 0.3) is 0 Å². The summed E-state index contributed by atoms with van der Waals surface area (Å²) in [5, 5.41) is 6.23. The Morgan fingerprint density at radius 2 is 1.97 bits per heavy atom. The van der Waals surface area contributed by atoms with Gasteiger partial charge in [-0.25, -0.2) is 0 Å². The van der Waals surface area contributed by atoms with Crippen molar-refractivity contribution < 1.29 is 9.59 Å². The SMILES string of the molecule is CC(CNC(=O)C1CC2CCCN2C12C(=O)Nc1ccccc12)c1ccccc1. The zero-order valence-corrected chi connectivity index (χ0v) is 16.7. The lowest BCUT2D eigenvalue weighted by molar-refractivity contribution is -0.137. The summed E-state index contributed by atoms with van der Waals surface area (Å²) >= 11 is 0. The topological polar surface area (TPSA) is 61.4 Å². The third kappa shape index (κ3) is 2.71. The molecule has 2 saturated heterocycles. The van der Waals surface area contributed by atoms with Crippen molar-refractivity contribution in [2.75, 3.05) is 18.4 Å². The molecule has 2 fully saturated rings. The van der Waals surface area contributed by atoms with E-state index in [2.05, 4.69) is 34.6 Å². The summed E-state index contributed by atoms with van der Waals surface area (Å²) < 4.78 is 0.